The minimum atomic E-state index is 0.0342. The zero-order chi connectivity index (χ0) is 17.6. The van der Waals surface area contributed by atoms with Crippen molar-refractivity contribution in [3.05, 3.63) is 51.7 Å². The lowest BCUT2D eigenvalue weighted by atomic mass is 10.1. The Morgan fingerprint density at radius 1 is 1.28 bits per heavy atom. The van der Waals surface area contributed by atoms with Crippen LogP contribution < -0.4 is 5.32 Å². The Hall–Kier alpha value is -1.69. The number of hydrogen-bond donors (Lipinski definition) is 1. The molecule has 1 aromatic heterocycles. The molecule has 5 heteroatoms. The first kappa shape index (κ1) is 18.1. The number of rotatable bonds is 7. The second-order valence-corrected chi connectivity index (χ2v) is 7.73. The van der Waals surface area contributed by atoms with E-state index in [0.29, 0.717) is 6.54 Å². The molecule has 0 aliphatic carbocycles. The van der Waals surface area contributed by atoms with Crippen molar-refractivity contribution in [2.45, 2.75) is 39.3 Å². The SMILES string of the molecule is Cc1cccc(C)c1NC(=O)CN(Cc1cccs1)CC1CCCO1. The highest BCUT2D eigenvalue weighted by atomic mass is 32.1. The van der Waals surface area contributed by atoms with E-state index in [-0.39, 0.29) is 12.0 Å². The number of nitrogens with zero attached hydrogens (tertiary/aromatic N) is 1. The molecule has 1 N–H and O–H groups in total. The summed E-state index contributed by atoms with van der Waals surface area (Å²) in [6.45, 7) is 6.87. The molecule has 1 unspecified atom stereocenters. The normalized spacial score (nSPS) is 17.2. The van der Waals surface area contributed by atoms with Crippen molar-refractivity contribution in [1.29, 1.82) is 0 Å². The van der Waals surface area contributed by atoms with E-state index in [2.05, 4.69) is 27.7 Å². The lowest BCUT2D eigenvalue weighted by Crippen LogP contribution is -2.37. The average molecular weight is 359 g/mol. The van der Waals surface area contributed by atoms with Gasteiger partial charge in [-0.1, -0.05) is 24.3 Å². The van der Waals surface area contributed by atoms with Gasteiger partial charge in [0.2, 0.25) is 5.91 Å². The number of thiophene rings is 1. The van der Waals surface area contributed by atoms with Crippen molar-refractivity contribution in [2.24, 2.45) is 0 Å². The molecule has 1 aliphatic heterocycles. The van der Waals surface area contributed by atoms with Crippen molar-refractivity contribution < 1.29 is 9.53 Å². The molecule has 1 aromatic carbocycles. The van der Waals surface area contributed by atoms with Gasteiger partial charge in [0.1, 0.15) is 0 Å². The summed E-state index contributed by atoms with van der Waals surface area (Å²) in [5.41, 5.74) is 3.12. The number of carbonyl (C=O) groups is 1. The molecule has 0 saturated carbocycles. The Labute approximate surface area is 153 Å². The highest BCUT2D eigenvalue weighted by Gasteiger charge is 2.21. The molecule has 4 nitrogen and oxygen atoms in total. The fourth-order valence-electron chi connectivity index (χ4n) is 3.28. The topological polar surface area (TPSA) is 41.6 Å². The lowest BCUT2D eigenvalue weighted by molar-refractivity contribution is -0.117. The fraction of sp³-hybridized carbons (Fsp3) is 0.450. The number of hydrogen-bond acceptors (Lipinski definition) is 4. The van der Waals surface area contributed by atoms with Gasteiger partial charge < -0.3 is 10.1 Å². The summed E-state index contributed by atoms with van der Waals surface area (Å²) in [5, 5.41) is 5.18. The highest BCUT2D eigenvalue weighted by molar-refractivity contribution is 7.09. The number of anilines is 1. The van der Waals surface area contributed by atoms with Gasteiger partial charge in [0.15, 0.2) is 0 Å². The quantitative estimate of drug-likeness (QED) is 0.814. The van der Waals surface area contributed by atoms with Crippen LogP contribution in [0, 0.1) is 13.8 Å². The number of para-hydroxylation sites is 1. The molecule has 0 spiro atoms. The van der Waals surface area contributed by atoms with Crippen molar-refractivity contribution in [3.8, 4) is 0 Å². The van der Waals surface area contributed by atoms with Gasteiger partial charge >= 0.3 is 0 Å². The van der Waals surface area contributed by atoms with Gasteiger partial charge in [-0.05, 0) is 49.3 Å². The summed E-state index contributed by atoms with van der Waals surface area (Å²) < 4.78 is 5.77. The van der Waals surface area contributed by atoms with Gasteiger partial charge in [-0.2, -0.15) is 0 Å². The third-order valence-electron chi connectivity index (χ3n) is 4.56. The monoisotopic (exact) mass is 358 g/mol. The fourth-order valence-corrected chi connectivity index (χ4v) is 4.02. The van der Waals surface area contributed by atoms with Crippen LogP contribution in [0.25, 0.3) is 0 Å². The van der Waals surface area contributed by atoms with Crippen LogP contribution in [-0.2, 0) is 16.1 Å². The van der Waals surface area contributed by atoms with Crippen LogP contribution in [0.4, 0.5) is 5.69 Å². The van der Waals surface area contributed by atoms with E-state index in [1.54, 1.807) is 11.3 Å². The van der Waals surface area contributed by atoms with Crippen molar-refractivity contribution in [1.82, 2.24) is 4.90 Å². The van der Waals surface area contributed by atoms with Gasteiger partial charge in [0.05, 0.1) is 12.6 Å². The lowest BCUT2D eigenvalue weighted by Gasteiger charge is -2.24. The second-order valence-electron chi connectivity index (χ2n) is 6.70. The summed E-state index contributed by atoms with van der Waals surface area (Å²) in [7, 11) is 0. The first-order chi connectivity index (χ1) is 12.1. The molecule has 3 rings (SSSR count). The molecule has 2 heterocycles. The molecule has 0 radical (unpaired) electrons. The molecule has 0 bridgehead atoms. The number of aryl methyl sites for hydroxylation is 2. The van der Waals surface area contributed by atoms with E-state index in [1.165, 1.54) is 4.88 Å². The third-order valence-corrected chi connectivity index (χ3v) is 5.42. The standard InChI is InChI=1S/C20H26N2O2S/c1-15-6-3-7-16(2)20(15)21-19(23)14-22(12-17-8-4-10-24-17)13-18-9-5-11-25-18/h3,5-7,9,11,17H,4,8,10,12-14H2,1-2H3,(H,21,23). The smallest absolute Gasteiger partial charge is 0.238 e. The number of ether oxygens (including phenoxy) is 1. The van der Waals surface area contributed by atoms with Crippen LogP contribution in [0.2, 0.25) is 0 Å². The van der Waals surface area contributed by atoms with Gasteiger partial charge in [0, 0.05) is 30.3 Å². The summed E-state index contributed by atoms with van der Waals surface area (Å²) in [6.07, 6.45) is 2.44. The molecule has 1 amide bonds. The predicted molar refractivity (Wildman–Crippen MR) is 103 cm³/mol. The maximum Gasteiger partial charge on any atom is 0.238 e. The predicted octanol–water partition coefficient (Wildman–Crippen LogP) is 3.98. The molecule has 1 fully saturated rings. The summed E-state index contributed by atoms with van der Waals surface area (Å²) >= 11 is 1.73. The first-order valence-electron chi connectivity index (χ1n) is 8.84. The van der Waals surface area contributed by atoms with E-state index in [9.17, 15) is 4.79 Å². The molecule has 2 aromatic rings. The average Bonchev–Trinajstić information content (AvgIpc) is 3.25. The van der Waals surface area contributed by atoms with Crippen molar-refractivity contribution >= 4 is 22.9 Å². The molecule has 25 heavy (non-hydrogen) atoms. The minimum Gasteiger partial charge on any atom is -0.377 e. The summed E-state index contributed by atoms with van der Waals surface area (Å²) in [6, 6.07) is 10.2. The first-order valence-corrected chi connectivity index (χ1v) is 9.72. The summed E-state index contributed by atoms with van der Waals surface area (Å²) in [5.74, 6) is 0.0342. The Bertz CT molecular complexity index is 673. The zero-order valence-corrected chi connectivity index (χ0v) is 15.8. The Kier molecular flexibility index (Phi) is 6.24. The Balaban J connectivity index is 1.64. The van der Waals surface area contributed by atoms with E-state index in [4.69, 9.17) is 4.74 Å². The molecule has 1 aliphatic rings. The maximum atomic E-state index is 12.6. The number of amides is 1. The number of nitrogens with one attached hydrogen (secondary N) is 1. The van der Waals surface area contributed by atoms with Crippen LogP contribution >= 0.6 is 11.3 Å². The van der Waals surface area contributed by atoms with E-state index >= 15 is 0 Å². The number of benzene rings is 1. The van der Waals surface area contributed by atoms with Gasteiger partial charge in [0.25, 0.3) is 0 Å². The van der Waals surface area contributed by atoms with Crippen LogP contribution in [0.15, 0.2) is 35.7 Å². The maximum absolute atomic E-state index is 12.6. The molecule has 134 valence electrons. The largest absolute Gasteiger partial charge is 0.377 e. The molecule has 1 saturated heterocycles. The van der Waals surface area contributed by atoms with Gasteiger partial charge in [-0.3, -0.25) is 9.69 Å². The molecule has 1 atom stereocenters. The Morgan fingerprint density at radius 3 is 2.72 bits per heavy atom. The van der Waals surface area contributed by atoms with Gasteiger partial charge in [-0.15, -0.1) is 11.3 Å². The Morgan fingerprint density at radius 2 is 2.08 bits per heavy atom. The third kappa shape index (κ3) is 5.14. The van der Waals surface area contributed by atoms with Crippen molar-refractivity contribution in [3.63, 3.8) is 0 Å². The van der Waals surface area contributed by atoms with E-state index < -0.39 is 0 Å². The number of carbonyl (C=O) groups excluding carboxylic acids is 1. The van der Waals surface area contributed by atoms with E-state index in [0.717, 1.165) is 49.4 Å². The van der Waals surface area contributed by atoms with Crippen LogP contribution in [0.1, 0.15) is 28.8 Å². The highest BCUT2D eigenvalue weighted by Crippen LogP contribution is 2.20. The zero-order valence-electron chi connectivity index (χ0n) is 15.0. The van der Waals surface area contributed by atoms with Crippen LogP contribution in [-0.4, -0.2) is 36.6 Å². The van der Waals surface area contributed by atoms with Crippen LogP contribution in [0.3, 0.4) is 0 Å². The minimum absolute atomic E-state index is 0.0342. The van der Waals surface area contributed by atoms with E-state index in [1.807, 2.05) is 32.0 Å². The van der Waals surface area contributed by atoms with Gasteiger partial charge in [-0.25, -0.2) is 0 Å². The second kappa shape index (κ2) is 8.61. The molecular weight excluding hydrogens is 332 g/mol. The molecular formula is C20H26N2O2S. The van der Waals surface area contributed by atoms with Crippen LogP contribution in [0.5, 0.6) is 0 Å². The van der Waals surface area contributed by atoms with Crippen molar-refractivity contribution in [2.75, 3.05) is 25.0 Å². The summed E-state index contributed by atoms with van der Waals surface area (Å²) in [4.78, 5) is 16.1.